The Hall–Kier alpha value is -3.42. The summed E-state index contributed by atoms with van der Waals surface area (Å²) < 4.78 is 21.2. The normalized spacial score (nSPS) is 20.6. The minimum atomic E-state index is -2.83. The molecule has 2 aliphatic heterocycles. The van der Waals surface area contributed by atoms with Crippen LogP contribution in [0.5, 0.6) is 0 Å². The fourth-order valence-corrected chi connectivity index (χ4v) is 5.41. The van der Waals surface area contributed by atoms with Crippen molar-refractivity contribution in [2.75, 3.05) is 44.9 Å². The lowest BCUT2D eigenvalue weighted by Crippen LogP contribution is -2.60. The molecule has 5 rings (SSSR count). The molecule has 0 radical (unpaired) electrons. The summed E-state index contributed by atoms with van der Waals surface area (Å²) in [4.78, 5) is 11.4. The Morgan fingerprint density at radius 1 is 1.11 bits per heavy atom. The zero-order chi connectivity index (χ0) is 24.5. The number of nitrogens with zero attached hydrogens (tertiary/aromatic N) is 5. The van der Waals surface area contributed by atoms with E-state index in [1.807, 2.05) is 55.7 Å². The van der Waals surface area contributed by atoms with E-state index < -0.39 is 12.5 Å². The summed E-state index contributed by atoms with van der Waals surface area (Å²) in [7, 11) is -0.928. The van der Waals surface area contributed by atoms with E-state index in [0.717, 1.165) is 28.2 Å². The zero-order valence-electron chi connectivity index (χ0n) is 20.2. The summed E-state index contributed by atoms with van der Waals surface area (Å²) in [6.45, 7) is 6.21. The van der Waals surface area contributed by atoms with Gasteiger partial charge in [-0.15, -0.1) is 0 Å². The van der Waals surface area contributed by atoms with Gasteiger partial charge >= 0.3 is 0 Å². The van der Waals surface area contributed by atoms with E-state index in [4.69, 9.17) is 9.73 Å². The van der Waals surface area contributed by atoms with Gasteiger partial charge in [0, 0.05) is 43.7 Å². The predicted molar refractivity (Wildman–Crippen MR) is 140 cm³/mol. The van der Waals surface area contributed by atoms with Crippen molar-refractivity contribution in [3.8, 4) is 11.3 Å². The van der Waals surface area contributed by atoms with E-state index >= 15 is 0 Å². The van der Waals surface area contributed by atoms with Gasteiger partial charge in [0.05, 0.1) is 36.5 Å². The van der Waals surface area contributed by atoms with Crippen LogP contribution in [0.2, 0.25) is 0 Å². The number of guanidine groups is 1. The van der Waals surface area contributed by atoms with E-state index in [9.17, 15) is 4.57 Å². The van der Waals surface area contributed by atoms with Gasteiger partial charge < -0.3 is 24.8 Å². The number of hydrogen-bond acceptors (Lipinski definition) is 8. The molecule has 1 unspecified atom stereocenters. The topological polar surface area (TPSA) is 96.7 Å². The highest BCUT2D eigenvalue weighted by atomic mass is 31.2. The quantitative estimate of drug-likeness (QED) is 0.528. The molecule has 0 saturated carbocycles. The van der Waals surface area contributed by atoms with Crippen LogP contribution in [0.3, 0.4) is 0 Å². The van der Waals surface area contributed by atoms with Crippen LogP contribution < -0.4 is 10.6 Å². The van der Waals surface area contributed by atoms with Crippen molar-refractivity contribution < 1.29 is 9.30 Å². The van der Waals surface area contributed by atoms with Gasteiger partial charge in [0.15, 0.2) is 5.40 Å². The number of rotatable bonds is 5. The molecule has 1 aromatic carbocycles. The molecule has 2 N–H and O–H groups in total. The Morgan fingerprint density at radius 3 is 2.60 bits per heavy atom. The van der Waals surface area contributed by atoms with Gasteiger partial charge in [-0.1, -0.05) is 18.2 Å². The van der Waals surface area contributed by atoms with E-state index in [1.54, 1.807) is 30.4 Å². The summed E-state index contributed by atoms with van der Waals surface area (Å²) in [5.41, 5.74) is 4.31. The van der Waals surface area contributed by atoms with Crippen molar-refractivity contribution in [3.05, 3.63) is 72.7 Å². The van der Waals surface area contributed by atoms with E-state index in [1.165, 1.54) is 0 Å². The van der Waals surface area contributed by atoms with Crippen molar-refractivity contribution in [1.29, 1.82) is 0 Å². The Kier molecular flexibility index (Phi) is 6.21. The van der Waals surface area contributed by atoms with Crippen LogP contribution in [-0.4, -0.2) is 70.7 Å². The van der Waals surface area contributed by atoms with Crippen molar-refractivity contribution in [3.63, 3.8) is 0 Å². The van der Waals surface area contributed by atoms with Crippen LogP contribution in [0.4, 0.5) is 5.69 Å². The minimum Gasteiger partial charge on any atom is -0.378 e. The smallest absolute Gasteiger partial charge is 0.201 e. The van der Waals surface area contributed by atoms with E-state index in [-0.39, 0.29) is 0 Å². The Labute approximate surface area is 205 Å². The van der Waals surface area contributed by atoms with Crippen molar-refractivity contribution in [2.45, 2.75) is 5.40 Å². The molecule has 4 heterocycles. The van der Waals surface area contributed by atoms with Gasteiger partial charge in [-0.25, -0.2) is 4.99 Å². The number of aromatic nitrogens is 3. The number of ether oxygens (including phenoxy) is 1. The van der Waals surface area contributed by atoms with E-state index in [2.05, 4.69) is 31.7 Å². The Morgan fingerprint density at radius 2 is 1.91 bits per heavy atom. The fraction of sp³-hybridized carbons (Fsp3) is 0.320. The van der Waals surface area contributed by atoms with Gasteiger partial charge in [0.2, 0.25) is 5.96 Å². The molecule has 1 fully saturated rings. The average Bonchev–Trinajstić information content (AvgIpc) is 3.31. The van der Waals surface area contributed by atoms with Crippen molar-refractivity contribution in [2.24, 2.45) is 12.0 Å². The van der Waals surface area contributed by atoms with Gasteiger partial charge in [0.1, 0.15) is 7.14 Å². The highest BCUT2D eigenvalue weighted by Gasteiger charge is 2.44. The monoisotopic (exact) mass is 491 g/mol. The molecule has 0 aliphatic carbocycles. The number of aliphatic imine (C=N–C) groups is 1. The molecule has 1 saturated heterocycles. The number of nitrogens with one attached hydrogen (secondary N) is 2. The molecule has 10 heteroatoms. The molecule has 0 bridgehead atoms. The summed E-state index contributed by atoms with van der Waals surface area (Å²) >= 11 is 0. The third-order valence-corrected chi connectivity index (χ3v) is 8.25. The van der Waals surface area contributed by atoms with Crippen LogP contribution >= 0.6 is 7.14 Å². The third kappa shape index (κ3) is 4.88. The second kappa shape index (κ2) is 9.32. The number of morpholine rings is 1. The summed E-state index contributed by atoms with van der Waals surface area (Å²) in [5.74, 6) is 0.675. The van der Waals surface area contributed by atoms with Crippen LogP contribution in [-0.2, 0) is 16.3 Å². The second-order valence-electron chi connectivity index (χ2n) is 9.13. The summed E-state index contributed by atoms with van der Waals surface area (Å²) in [6, 6.07) is 13.9. The molecular weight excluding hydrogens is 461 g/mol. The first kappa shape index (κ1) is 23.3. The molecule has 0 amide bonds. The van der Waals surface area contributed by atoms with Gasteiger partial charge in [0.25, 0.3) is 0 Å². The van der Waals surface area contributed by atoms with Crippen molar-refractivity contribution in [1.82, 2.24) is 25.0 Å². The predicted octanol–water partition coefficient (Wildman–Crippen LogP) is 3.50. The first-order valence-electron chi connectivity index (χ1n) is 11.6. The van der Waals surface area contributed by atoms with Gasteiger partial charge in [-0.3, -0.25) is 9.67 Å². The van der Waals surface area contributed by atoms with Gasteiger partial charge in [-0.05, 0) is 43.7 Å². The van der Waals surface area contributed by atoms with E-state index in [0.29, 0.717) is 32.3 Å². The molecule has 35 heavy (non-hydrogen) atoms. The number of benzene rings is 1. The first-order chi connectivity index (χ1) is 16.8. The molecule has 1 atom stereocenters. The SMILES string of the molecule is Cn1ccc(-c2cccc(C3=CC(Nc4cccnc4)(P(C)(C)=O)NC(N4CCOCC4)=N3)c2)n1. The molecule has 3 aromatic rings. The van der Waals surface area contributed by atoms with Crippen LogP contribution in [0.25, 0.3) is 17.0 Å². The number of hydrogen-bond donors (Lipinski definition) is 2. The average molecular weight is 492 g/mol. The maximum atomic E-state index is 13.9. The Balaban J connectivity index is 1.62. The molecular formula is C25H30N7O2P. The molecule has 2 aromatic heterocycles. The molecule has 182 valence electrons. The maximum absolute atomic E-state index is 13.9. The lowest BCUT2D eigenvalue weighted by atomic mass is 10.0. The highest BCUT2D eigenvalue weighted by molar-refractivity contribution is 7.64. The number of aryl methyl sites for hydroxylation is 1. The first-order valence-corrected chi connectivity index (χ1v) is 14.2. The molecule has 9 nitrogen and oxygen atoms in total. The lowest BCUT2D eigenvalue weighted by molar-refractivity contribution is 0.0662. The lowest BCUT2D eigenvalue weighted by Gasteiger charge is -2.43. The number of pyridine rings is 1. The van der Waals surface area contributed by atoms with Crippen molar-refractivity contribution >= 4 is 24.5 Å². The second-order valence-corrected chi connectivity index (χ2v) is 12.5. The van der Waals surface area contributed by atoms with Crippen LogP contribution in [0, 0.1) is 0 Å². The minimum absolute atomic E-state index is 0.619. The highest BCUT2D eigenvalue weighted by Crippen LogP contribution is 2.53. The standard InChI is InChI=1S/C25H30N7O2P/c1-31-11-9-22(30-31)19-6-4-7-20(16-19)23-17-25(35(2,3)33,28-21-8-5-10-26-18-21)29-24(27-23)32-12-14-34-15-13-32/h4-11,16-18,28H,12-15H2,1-3H3,(H,27,29). The zero-order valence-corrected chi connectivity index (χ0v) is 21.1. The Bertz CT molecular complexity index is 1310. The molecule has 2 aliphatic rings. The van der Waals surface area contributed by atoms with Crippen LogP contribution in [0.1, 0.15) is 5.56 Å². The van der Waals surface area contributed by atoms with Gasteiger partial charge in [-0.2, -0.15) is 5.10 Å². The summed E-state index contributed by atoms with van der Waals surface area (Å²) in [6.07, 6.45) is 7.32. The maximum Gasteiger partial charge on any atom is 0.201 e. The fourth-order valence-electron chi connectivity index (χ4n) is 4.21. The van der Waals surface area contributed by atoms with Crippen LogP contribution in [0.15, 0.2) is 72.1 Å². The molecule has 0 spiro atoms. The third-order valence-electron chi connectivity index (χ3n) is 6.20. The largest absolute Gasteiger partial charge is 0.378 e. The summed E-state index contributed by atoms with van der Waals surface area (Å²) in [5, 5.41) is 10.5. The number of anilines is 1.